The number of carbonyl (C=O) groups excluding carboxylic acids is 2. The summed E-state index contributed by atoms with van der Waals surface area (Å²) in [7, 11) is 2.07. The lowest BCUT2D eigenvalue weighted by Crippen LogP contribution is -2.44. The smallest absolute Gasteiger partial charge is 0.257 e. The summed E-state index contributed by atoms with van der Waals surface area (Å²) < 4.78 is 19.5. The second-order valence-corrected chi connectivity index (χ2v) is 10.0. The molecule has 2 aromatic carbocycles. The molecule has 2 fully saturated rings. The second-order valence-electron chi connectivity index (χ2n) is 9.65. The number of carbonyl (C=O) groups is 2. The largest absolute Gasteiger partial charge is 0.396 e. The Hall–Kier alpha value is -3.32. The quantitative estimate of drug-likeness (QED) is 0.397. The standard InChI is InChI=1S/C28H33ClFN5O3/c1-18-25(29)21(17-22(31)26(18)30)28(37)33-23-16-19(5-6-24(23)35-12-10-34(2)11-13-35)4-3-9-32-27(36)20-7-14-38-15-8-20/h5-6,16-17,20H,7-15,31H2,1-2H3,(H,32,36)(H,33,37). The first kappa shape index (κ1) is 27.7. The molecule has 2 saturated heterocycles. The van der Waals surface area contributed by atoms with Gasteiger partial charge in [0.1, 0.15) is 0 Å². The van der Waals surface area contributed by atoms with E-state index in [1.807, 2.05) is 12.1 Å². The molecule has 2 aliphatic heterocycles. The predicted molar refractivity (Wildman–Crippen MR) is 148 cm³/mol. The third-order valence-corrected chi connectivity index (χ3v) is 7.44. The van der Waals surface area contributed by atoms with Crippen LogP contribution in [0.2, 0.25) is 5.02 Å². The molecule has 2 heterocycles. The van der Waals surface area contributed by atoms with Crippen molar-refractivity contribution in [2.45, 2.75) is 19.8 Å². The molecule has 0 aromatic heterocycles. The molecule has 202 valence electrons. The third-order valence-electron chi connectivity index (χ3n) is 6.96. The number of nitrogens with one attached hydrogen (secondary N) is 2. The van der Waals surface area contributed by atoms with Gasteiger partial charge in [0.05, 0.1) is 34.2 Å². The number of anilines is 3. The highest BCUT2D eigenvalue weighted by atomic mass is 35.5. The van der Waals surface area contributed by atoms with Crippen LogP contribution >= 0.6 is 11.6 Å². The van der Waals surface area contributed by atoms with Gasteiger partial charge < -0.3 is 30.9 Å². The Morgan fingerprint density at radius 2 is 1.89 bits per heavy atom. The summed E-state index contributed by atoms with van der Waals surface area (Å²) in [4.78, 5) is 30.0. The molecule has 0 unspecified atom stereocenters. The van der Waals surface area contributed by atoms with E-state index in [1.165, 1.54) is 13.0 Å². The van der Waals surface area contributed by atoms with Crippen molar-refractivity contribution in [3.63, 3.8) is 0 Å². The van der Waals surface area contributed by atoms with E-state index in [9.17, 15) is 14.0 Å². The summed E-state index contributed by atoms with van der Waals surface area (Å²) in [5, 5.41) is 5.83. The summed E-state index contributed by atoms with van der Waals surface area (Å²) in [6.07, 6.45) is 1.44. The van der Waals surface area contributed by atoms with E-state index < -0.39 is 11.7 Å². The molecule has 2 aromatic rings. The van der Waals surface area contributed by atoms with E-state index >= 15 is 0 Å². The zero-order chi connectivity index (χ0) is 27.2. The highest BCUT2D eigenvalue weighted by Gasteiger charge is 2.22. The van der Waals surface area contributed by atoms with Gasteiger partial charge in [-0.15, -0.1) is 0 Å². The van der Waals surface area contributed by atoms with Crippen molar-refractivity contribution in [3.05, 3.63) is 51.8 Å². The minimum absolute atomic E-state index is 0.00768. The van der Waals surface area contributed by atoms with E-state index in [4.69, 9.17) is 22.1 Å². The number of nitrogens with zero attached hydrogens (tertiary/aromatic N) is 2. The van der Waals surface area contributed by atoms with Gasteiger partial charge in [0.15, 0.2) is 5.82 Å². The molecule has 0 radical (unpaired) electrons. The SMILES string of the molecule is Cc1c(F)c(N)cc(C(=O)Nc2cc(C#CCNC(=O)C3CCOCC3)ccc2N2CCN(C)CC2)c1Cl. The van der Waals surface area contributed by atoms with Gasteiger partial charge >= 0.3 is 0 Å². The molecular weight excluding hydrogens is 509 g/mol. The number of benzene rings is 2. The van der Waals surface area contributed by atoms with Gasteiger partial charge in [-0.1, -0.05) is 23.4 Å². The van der Waals surface area contributed by atoms with Gasteiger partial charge in [-0.3, -0.25) is 9.59 Å². The molecular formula is C28H33ClFN5O3. The molecule has 8 nitrogen and oxygen atoms in total. The van der Waals surface area contributed by atoms with Crippen molar-refractivity contribution < 1.29 is 18.7 Å². The van der Waals surface area contributed by atoms with E-state index in [0.29, 0.717) is 24.5 Å². The fraction of sp³-hybridized carbons (Fsp3) is 0.429. The van der Waals surface area contributed by atoms with Crippen molar-refractivity contribution in [3.8, 4) is 11.8 Å². The highest BCUT2D eigenvalue weighted by Crippen LogP contribution is 2.31. The Kier molecular flexibility index (Phi) is 9.10. The number of likely N-dealkylation sites (N-methyl/N-ethyl adjacent to an activating group) is 1. The summed E-state index contributed by atoms with van der Waals surface area (Å²) in [6, 6.07) is 6.87. The van der Waals surface area contributed by atoms with Gasteiger partial charge in [-0.25, -0.2) is 4.39 Å². The van der Waals surface area contributed by atoms with Gasteiger partial charge in [0.25, 0.3) is 5.91 Å². The lowest BCUT2D eigenvalue weighted by molar-refractivity contribution is -0.127. The number of amides is 2. The summed E-state index contributed by atoms with van der Waals surface area (Å²) >= 11 is 6.30. The first-order valence-electron chi connectivity index (χ1n) is 12.7. The molecule has 0 spiro atoms. The molecule has 0 aliphatic carbocycles. The Labute approximate surface area is 227 Å². The number of rotatable bonds is 5. The predicted octanol–water partition coefficient (Wildman–Crippen LogP) is 3.27. The topological polar surface area (TPSA) is 99.9 Å². The molecule has 0 bridgehead atoms. The Balaban J connectivity index is 1.54. The van der Waals surface area contributed by atoms with Crippen LogP contribution in [0.4, 0.5) is 21.5 Å². The molecule has 0 atom stereocenters. The van der Waals surface area contributed by atoms with Crippen LogP contribution in [0.1, 0.15) is 34.3 Å². The number of nitrogen functional groups attached to an aromatic ring is 1. The van der Waals surface area contributed by atoms with Crippen LogP contribution in [-0.2, 0) is 9.53 Å². The van der Waals surface area contributed by atoms with Crippen LogP contribution in [0.15, 0.2) is 24.3 Å². The normalized spacial score (nSPS) is 16.5. The summed E-state index contributed by atoms with van der Waals surface area (Å²) in [5.41, 5.74) is 7.94. The number of ether oxygens (including phenoxy) is 1. The fourth-order valence-electron chi connectivity index (χ4n) is 4.57. The van der Waals surface area contributed by atoms with Gasteiger partial charge in [0, 0.05) is 56.4 Å². The molecule has 10 heteroatoms. The maximum atomic E-state index is 14.2. The van der Waals surface area contributed by atoms with Crippen molar-refractivity contribution in [2.75, 3.05) is 68.9 Å². The lowest BCUT2D eigenvalue weighted by atomic mass is 9.99. The van der Waals surface area contributed by atoms with Crippen LogP contribution in [-0.4, -0.2) is 69.7 Å². The van der Waals surface area contributed by atoms with Crippen molar-refractivity contribution in [1.29, 1.82) is 0 Å². The van der Waals surface area contributed by atoms with Crippen molar-refractivity contribution in [1.82, 2.24) is 10.2 Å². The highest BCUT2D eigenvalue weighted by molar-refractivity contribution is 6.35. The number of hydrogen-bond donors (Lipinski definition) is 3. The average molecular weight is 542 g/mol. The first-order chi connectivity index (χ1) is 18.2. The fourth-order valence-corrected chi connectivity index (χ4v) is 4.79. The van der Waals surface area contributed by atoms with Crippen molar-refractivity contribution in [2.24, 2.45) is 5.92 Å². The molecule has 2 aliphatic rings. The zero-order valence-corrected chi connectivity index (χ0v) is 22.5. The zero-order valence-electron chi connectivity index (χ0n) is 21.7. The van der Waals surface area contributed by atoms with Crippen LogP contribution in [0, 0.1) is 30.5 Å². The Bertz CT molecular complexity index is 1260. The lowest BCUT2D eigenvalue weighted by Gasteiger charge is -2.35. The Morgan fingerprint density at radius 1 is 1.18 bits per heavy atom. The van der Waals surface area contributed by atoms with Crippen LogP contribution in [0.3, 0.4) is 0 Å². The second kappa shape index (κ2) is 12.5. The number of nitrogens with two attached hydrogens (primary N) is 1. The first-order valence-corrected chi connectivity index (χ1v) is 13.1. The molecule has 0 saturated carbocycles. The molecule has 4 N–H and O–H groups in total. The number of hydrogen-bond acceptors (Lipinski definition) is 6. The summed E-state index contributed by atoms with van der Waals surface area (Å²) in [6.45, 7) is 6.29. The third kappa shape index (κ3) is 6.57. The minimum Gasteiger partial charge on any atom is -0.396 e. The van der Waals surface area contributed by atoms with E-state index in [2.05, 4.69) is 39.3 Å². The van der Waals surface area contributed by atoms with E-state index in [-0.39, 0.29) is 40.2 Å². The van der Waals surface area contributed by atoms with Gasteiger partial charge in [0.2, 0.25) is 5.91 Å². The van der Waals surface area contributed by atoms with Crippen LogP contribution in [0.25, 0.3) is 0 Å². The number of halogens is 2. The number of piperazine rings is 1. The van der Waals surface area contributed by atoms with Crippen LogP contribution < -0.4 is 21.3 Å². The molecule has 38 heavy (non-hydrogen) atoms. The maximum absolute atomic E-state index is 14.2. The van der Waals surface area contributed by atoms with E-state index in [0.717, 1.165) is 44.7 Å². The van der Waals surface area contributed by atoms with Gasteiger partial charge in [-0.2, -0.15) is 0 Å². The van der Waals surface area contributed by atoms with Gasteiger partial charge in [-0.05, 0) is 51.1 Å². The van der Waals surface area contributed by atoms with E-state index in [1.54, 1.807) is 6.07 Å². The average Bonchev–Trinajstić information content (AvgIpc) is 2.93. The maximum Gasteiger partial charge on any atom is 0.257 e. The summed E-state index contributed by atoms with van der Waals surface area (Å²) in [5.74, 6) is 4.89. The molecule has 2 amide bonds. The minimum atomic E-state index is -0.633. The van der Waals surface area contributed by atoms with Crippen molar-refractivity contribution >= 4 is 40.5 Å². The Morgan fingerprint density at radius 3 is 2.61 bits per heavy atom. The monoisotopic (exact) mass is 541 g/mol. The molecule has 4 rings (SSSR count). The van der Waals surface area contributed by atoms with Crippen LogP contribution in [0.5, 0.6) is 0 Å².